The van der Waals surface area contributed by atoms with Gasteiger partial charge in [-0.3, -0.25) is 0 Å². The van der Waals surface area contributed by atoms with E-state index in [1.54, 1.807) is 12.2 Å². The quantitative estimate of drug-likeness (QED) is 0.744. The predicted octanol–water partition coefficient (Wildman–Crippen LogP) is 2.68. The Labute approximate surface area is 88.0 Å². The Morgan fingerprint density at radius 3 is 2.67 bits per heavy atom. The van der Waals surface area contributed by atoms with Crippen LogP contribution in [0.2, 0.25) is 0 Å². The Kier molecular flexibility index (Phi) is 3.29. The number of allylic oxidation sites excluding steroid dienone is 2. The van der Waals surface area contributed by atoms with Crippen LogP contribution in [0.15, 0.2) is 36.4 Å². The van der Waals surface area contributed by atoms with Crippen molar-refractivity contribution < 1.29 is 15.0 Å². The highest BCUT2D eigenvalue weighted by molar-refractivity contribution is 5.89. The third kappa shape index (κ3) is 2.71. The highest BCUT2D eigenvalue weighted by atomic mass is 16.4. The zero-order chi connectivity index (χ0) is 11.4. The second-order valence-electron chi connectivity index (χ2n) is 3.17. The van der Waals surface area contributed by atoms with Gasteiger partial charge in [0.25, 0.3) is 0 Å². The summed E-state index contributed by atoms with van der Waals surface area (Å²) in [5.41, 5.74) is 1.48. The fourth-order valence-electron chi connectivity index (χ4n) is 1.11. The molecule has 78 valence electrons. The number of hydrogen-bond acceptors (Lipinski definition) is 2. The minimum absolute atomic E-state index is 0.0567. The SMILES string of the molecule is C=CC(C)=Cc1cc(C(=O)O)ccc1O. The second kappa shape index (κ2) is 4.46. The van der Waals surface area contributed by atoms with Gasteiger partial charge in [0, 0.05) is 5.56 Å². The van der Waals surface area contributed by atoms with Crippen molar-refractivity contribution >= 4 is 12.0 Å². The van der Waals surface area contributed by atoms with Crippen molar-refractivity contribution in [3.63, 3.8) is 0 Å². The van der Waals surface area contributed by atoms with Crippen LogP contribution in [0, 0.1) is 0 Å². The number of aromatic carboxylic acids is 1. The number of carboxylic acid groups (broad SMARTS) is 1. The monoisotopic (exact) mass is 204 g/mol. The number of carboxylic acids is 1. The first kappa shape index (κ1) is 11.0. The zero-order valence-corrected chi connectivity index (χ0v) is 8.40. The molecule has 0 aliphatic rings. The summed E-state index contributed by atoms with van der Waals surface area (Å²) in [7, 11) is 0. The van der Waals surface area contributed by atoms with Gasteiger partial charge in [0.15, 0.2) is 0 Å². The van der Waals surface area contributed by atoms with Crippen LogP contribution < -0.4 is 0 Å². The molecule has 3 nitrogen and oxygen atoms in total. The first-order chi connectivity index (χ1) is 7.04. The van der Waals surface area contributed by atoms with E-state index < -0.39 is 5.97 Å². The maximum atomic E-state index is 10.7. The average molecular weight is 204 g/mol. The number of phenolic OH excluding ortho intramolecular Hbond substituents is 1. The summed E-state index contributed by atoms with van der Waals surface area (Å²) >= 11 is 0. The van der Waals surface area contributed by atoms with E-state index in [9.17, 15) is 9.90 Å². The van der Waals surface area contributed by atoms with Crippen LogP contribution >= 0.6 is 0 Å². The summed E-state index contributed by atoms with van der Waals surface area (Å²) in [5.74, 6) is -0.956. The molecule has 1 aromatic rings. The largest absolute Gasteiger partial charge is 0.507 e. The molecule has 2 N–H and O–H groups in total. The van der Waals surface area contributed by atoms with Crippen molar-refractivity contribution in [2.24, 2.45) is 0 Å². The summed E-state index contributed by atoms with van der Waals surface area (Å²) in [5, 5.41) is 18.3. The molecule has 0 aliphatic heterocycles. The molecule has 0 saturated heterocycles. The Morgan fingerprint density at radius 1 is 1.47 bits per heavy atom. The third-order valence-corrected chi connectivity index (χ3v) is 1.98. The third-order valence-electron chi connectivity index (χ3n) is 1.98. The molecular weight excluding hydrogens is 192 g/mol. The lowest BCUT2D eigenvalue weighted by Crippen LogP contribution is -1.96. The van der Waals surface area contributed by atoms with Crippen molar-refractivity contribution in [2.45, 2.75) is 6.92 Å². The van der Waals surface area contributed by atoms with Gasteiger partial charge < -0.3 is 10.2 Å². The van der Waals surface area contributed by atoms with Gasteiger partial charge in [-0.1, -0.05) is 18.2 Å². The highest BCUT2D eigenvalue weighted by Crippen LogP contribution is 2.21. The van der Waals surface area contributed by atoms with Gasteiger partial charge in [0.1, 0.15) is 5.75 Å². The normalized spacial score (nSPS) is 11.1. The van der Waals surface area contributed by atoms with Gasteiger partial charge in [0.2, 0.25) is 0 Å². The van der Waals surface area contributed by atoms with Crippen LogP contribution in [-0.4, -0.2) is 16.2 Å². The fraction of sp³-hybridized carbons (Fsp3) is 0.0833. The van der Waals surface area contributed by atoms with E-state index in [2.05, 4.69) is 6.58 Å². The van der Waals surface area contributed by atoms with E-state index >= 15 is 0 Å². The molecule has 0 aromatic heterocycles. The maximum absolute atomic E-state index is 10.7. The molecule has 0 fully saturated rings. The van der Waals surface area contributed by atoms with Crippen LogP contribution in [0.5, 0.6) is 5.75 Å². The number of benzene rings is 1. The molecular formula is C12H12O3. The van der Waals surface area contributed by atoms with Crippen LogP contribution in [0.3, 0.4) is 0 Å². The molecule has 0 atom stereocenters. The van der Waals surface area contributed by atoms with E-state index in [1.165, 1.54) is 18.2 Å². The molecule has 0 unspecified atom stereocenters. The lowest BCUT2D eigenvalue weighted by atomic mass is 10.1. The molecule has 15 heavy (non-hydrogen) atoms. The lowest BCUT2D eigenvalue weighted by Gasteiger charge is -2.01. The molecule has 0 saturated carbocycles. The van der Waals surface area contributed by atoms with E-state index in [0.29, 0.717) is 5.56 Å². The minimum Gasteiger partial charge on any atom is -0.507 e. The van der Waals surface area contributed by atoms with Crippen LogP contribution in [-0.2, 0) is 0 Å². The average Bonchev–Trinajstić information content (AvgIpc) is 2.20. The van der Waals surface area contributed by atoms with Crippen LogP contribution in [0.1, 0.15) is 22.8 Å². The molecule has 0 heterocycles. The van der Waals surface area contributed by atoms with Crippen molar-refractivity contribution in [3.05, 3.63) is 47.6 Å². The van der Waals surface area contributed by atoms with Crippen molar-refractivity contribution in [1.29, 1.82) is 0 Å². The Bertz CT molecular complexity index is 430. The van der Waals surface area contributed by atoms with Gasteiger partial charge in [-0.15, -0.1) is 0 Å². The predicted molar refractivity (Wildman–Crippen MR) is 58.9 cm³/mol. The van der Waals surface area contributed by atoms with Gasteiger partial charge in [-0.2, -0.15) is 0 Å². The van der Waals surface area contributed by atoms with E-state index in [-0.39, 0.29) is 11.3 Å². The molecule has 0 amide bonds. The molecule has 0 bridgehead atoms. The molecule has 0 spiro atoms. The molecule has 0 aliphatic carbocycles. The standard InChI is InChI=1S/C12H12O3/c1-3-8(2)6-10-7-9(12(14)15)4-5-11(10)13/h3-7,13H,1H2,2H3,(H,14,15). The summed E-state index contributed by atoms with van der Waals surface area (Å²) in [6, 6.07) is 4.15. The molecule has 1 rings (SSSR count). The Morgan fingerprint density at radius 2 is 2.13 bits per heavy atom. The van der Waals surface area contributed by atoms with E-state index in [0.717, 1.165) is 5.57 Å². The minimum atomic E-state index is -1.01. The Hall–Kier alpha value is -2.03. The summed E-state index contributed by atoms with van der Waals surface area (Å²) < 4.78 is 0. The maximum Gasteiger partial charge on any atom is 0.335 e. The Balaban J connectivity index is 3.22. The zero-order valence-electron chi connectivity index (χ0n) is 8.40. The molecule has 0 radical (unpaired) electrons. The summed E-state index contributed by atoms with van der Waals surface area (Å²) in [4.78, 5) is 10.7. The van der Waals surface area contributed by atoms with Crippen molar-refractivity contribution in [2.75, 3.05) is 0 Å². The van der Waals surface area contributed by atoms with Crippen molar-refractivity contribution in [1.82, 2.24) is 0 Å². The first-order valence-corrected chi connectivity index (χ1v) is 4.41. The second-order valence-corrected chi connectivity index (χ2v) is 3.17. The first-order valence-electron chi connectivity index (χ1n) is 4.41. The summed E-state index contributed by atoms with van der Waals surface area (Å²) in [6.45, 7) is 5.40. The molecule has 3 heteroatoms. The highest BCUT2D eigenvalue weighted by Gasteiger charge is 2.05. The van der Waals surface area contributed by atoms with Crippen LogP contribution in [0.4, 0.5) is 0 Å². The van der Waals surface area contributed by atoms with Gasteiger partial charge in [-0.05, 0) is 31.2 Å². The van der Waals surface area contributed by atoms with Crippen molar-refractivity contribution in [3.8, 4) is 5.75 Å². The summed E-state index contributed by atoms with van der Waals surface area (Å²) in [6.07, 6.45) is 3.31. The van der Waals surface area contributed by atoms with Crippen LogP contribution in [0.25, 0.3) is 6.08 Å². The smallest absolute Gasteiger partial charge is 0.335 e. The molecule has 1 aromatic carbocycles. The lowest BCUT2D eigenvalue weighted by molar-refractivity contribution is 0.0697. The van der Waals surface area contributed by atoms with Gasteiger partial charge in [0.05, 0.1) is 5.56 Å². The number of rotatable bonds is 3. The fourth-order valence-corrected chi connectivity index (χ4v) is 1.11. The van der Waals surface area contributed by atoms with E-state index in [1.807, 2.05) is 6.92 Å². The topological polar surface area (TPSA) is 57.5 Å². The van der Waals surface area contributed by atoms with E-state index in [4.69, 9.17) is 5.11 Å². The number of carbonyl (C=O) groups is 1. The number of phenols is 1. The van der Waals surface area contributed by atoms with Gasteiger partial charge >= 0.3 is 5.97 Å². The van der Waals surface area contributed by atoms with Gasteiger partial charge in [-0.25, -0.2) is 4.79 Å². The number of hydrogen-bond donors (Lipinski definition) is 2. The number of aromatic hydroxyl groups is 1.